The summed E-state index contributed by atoms with van der Waals surface area (Å²) in [5.41, 5.74) is 0.254. The van der Waals surface area contributed by atoms with Crippen LogP contribution in [-0.2, 0) is 4.74 Å². The Hall–Kier alpha value is -1.50. The van der Waals surface area contributed by atoms with E-state index >= 15 is 0 Å². The fourth-order valence-corrected chi connectivity index (χ4v) is 2.58. The zero-order valence-corrected chi connectivity index (χ0v) is 14.0. The third kappa shape index (κ3) is 4.24. The van der Waals surface area contributed by atoms with E-state index in [0.717, 1.165) is 0 Å². The van der Waals surface area contributed by atoms with Gasteiger partial charge in [0.25, 0.3) is 0 Å². The molecule has 10 heteroatoms. The highest BCUT2D eigenvalue weighted by atomic mass is 16.7. The highest BCUT2D eigenvalue weighted by Crippen LogP contribution is 2.34. The van der Waals surface area contributed by atoms with Gasteiger partial charge in [-0.1, -0.05) is 6.07 Å². The Morgan fingerprint density at radius 3 is 2.31 bits per heavy atom. The molecule has 0 bridgehead atoms. The lowest BCUT2D eigenvalue weighted by molar-refractivity contribution is -0.277. The van der Waals surface area contributed by atoms with Crippen LogP contribution in [0, 0.1) is 0 Å². The number of methoxy groups -OCH3 is 1. The van der Waals surface area contributed by atoms with Crippen molar-refractivity contribution in [2.75, 3.05) is 20.3 Å². The minimum Gasteiger partial charge on any atom is -0.493 e. The van der Waals surface area contributed by atoms with Crippen LogP contribution >= 0.6 is 0 Å². The molecule has 0 spiro atoms. The first-order chi connectivity index (χ1) is 12.3. The van der Waals surface area contributed by atoms with Gasteiger partial charge in [-0.05, 0) is 17.7 Å². The number of hydrogen-bond donors (Lipinski definition) is 7. The van der Waals surface area contributed by atoms with Crippen molar-refractivity contribution in [3.63, 3.8) is 0 Å². The van der Waals surface area contributed by atoms with Gasteiger partial charge in [-0.2, -0.15) is 0 Å². The van der Waals surface area contributed by atoms with E-state index < -0.39 is 56.1 Å². The molecule has 1 aliphatic rings. The molecule has 26 heavy (non-hydrogen) atoms. The van der Waals surface area contributed by atoms with E-state index in [4.69, 9.17) is 19.3 Å². The summed E-state index contributed by atoms with van der Waals surface area (Å²) >= 11 is 0. The maximum atomic E-state index is 10.0. The molecule has 1 fully saturated rings. The Bertz CT molecular complexity index is 580. The summed E-state index contributed by atoms with van der Waals surface area (Å²) in [7, 11) is 1.33. The fraction of sp³-hybridized carbons (Fsp3) is 0.625. The van der Waals surface area contributed by atoms with Crippen molar-refractivity contribution in [2.45, 2.75) is 42.9 Å². The summed E-state index contributed by atoms with van der Waals surface area (Å²) in [6, 6.07) is 4.15. The minimum atomic E-state index is -1.59. The molecule has 2 rings (SSSR count). The molecule has 1 aromatic rings. The molecular formula is C16H24O10. The number of aliphatic hydroxyl groups excluding tert-OH is 7. The van der Waals surface area contributed by atoms with Gasteiger partial charge in [0.15, 0.2) is 11.5 Å². The molecule has 0 aromatic heterocycles. The van der Waals surface area contributed by atoms with Gasteiger partial charge in [0.2, 0.25) is 6.29 Å². The maximum absolute atomic E-state index is 10.0. The normalized spacial score (nSPS) is 31.3. The Balaban J connectivity index is 2.20. The Kier molecular flexibility index (Phi) is 7.15. The van der Waals surface area contributed by atoms with Gasteiger partial charge in [-0.3, -0.25) is 0 Å². The van der Waals surface area contributed by atoms with Crippen LogP contribution in [0.4, 0.5) is 0 Å². The van der Waals surface area contributed by atoms with Crippen LogP contribution in [0.3, 0.4) is 0 Å². The minimum absolute atomic E-state index is 0.0891. The summed E-state index contributed by atoms with van der Waals surface area (Å²) in [6.07, 6.45) is -9.92. The van der Waals surface area contributed by atoms with Crippen molar-refractivity contribution in [1.29, 1.82) is 0 Å². The third-order valence-electron chi connectivity index (χ3n) is 4.17. The summed E-state index contributed by atoms with van der Waals surface area (Å²) in [5.74, 6) is 0.218. The van der Waals surface area contributed by atoms with Gasteiger partial charge >= 0.3 is 0 Å². The van der Waals surface area contributed by atoms with Crippen molar-refractivity contribution in [3.8, 4) is 11.5 Å². The van der Waals surface area contributed by atoms with Gasteiger partial charge in [0, 0.05) is 0 Å². The van der Waals surface area contributed by atoms with E-state index in [-0.39, 0.29) is 17.1 Å². The smallest absolute Gasteiger partial charge is 0.229 e. The fourth-order valence-electron chi connectivity index (χ4n) is 2.58. The van der Waals surface area contributed by atoms with E-state index in [9.17, 15) is 30.6 Å². The molecule has 1 heterocycles. The Morgan fingerprint density at radius 2 is 1.73 bits per heavy atom. The third-order valence-corrected chi connectivity index (χ3v) is 4.17. The topological polar surface area (TPSA) is 169 Å². The summed E-state index contributed by atoms with van der Waals surface area (Å²) in [4.78, 5) is 0. The van der Waals surface area contributed by atoms with Gasteiger partial charge in [0.1, 0.15) is 36.6 Å². The lowest BCUT2D eigenvalue weighted by atomic mass is 9.99. The quantitative estimate of drug-likeness (QED) is 0.265. The molecule has 0 radical (unpaired) electrons. The molecule has 148 valence electrons. The predicted octanol–water partition coefficient (Wildman–Crippen LogP) is -2.74. The van der Waals surface area contributed by atoms with Crippen molar-refractivity contribution in [2.24, 2.45) is 0 Å². The molecule has 1 aromatic carbocycles. The van der Waals surface area contributed by atoms with Crippen LogP contribution in [0.2, 0.25) is 0 Å². The van der Waals surface area contributed by atoms with Gasteiger partial charge in [-0.25, -0.2) is 0 Å². The Morgan fingerprint density at radius 1 is 1.04 bits per heavy atom. The summed E-state index contributed by atoms with van der Waals surface area (Å²) in [6.45, 7) is -1.22. The standard InChI is InChI=1S/C16H24O10/c1-24-10-4-7(12(20)8(19)5-17)2-3-9(10)25-16-15(23)14(22)13(21)11(6-18)26-16/h2-4,8,11-23H,5-6H2,1H3/t8-,11-,12-,13-,14+,15-,16-/m1/s1. The second-order valence-corrected chi connectivity index (χ2v) is 5.92. The number of hydrogen-bond acceptors (Lipinski definition) is 10. The molecule has 0 unspecified atom stereocenters. The van der Waals surface area contributed by atoms with Gasteiger partial charge in [-0.15, -0.1) is 0 Å². The second kappa shape index (κ2) is 8.93. The van der Waals surface area contributed by atoms with Crippen molar-refractivity contribution < 1.29 is 50.0 Å². The Labute approximate surface area is 149 Å². The lowest BCUT2D eigenvalue weighted by Crippen LogP contribution is -2.60. The van der Waals surface area contributed by atoms with Crippen molar-refractivity contribution in [3.05, 3.63) is 23.8 Å². The van der Waals surface area contributed by atoms with Gasteiger partial charge in [0.05, 0.1) is 20.3 Å². The van der Waals surface area contributed by atoms with E-state index in [1.54, 1.807) is 0 Å². The molecule has 1 saturated heterocycles. The van der Waals surface area contributed by atoms with Crippen molar-refractivity contribution >= 4 is 0 Å². The van der Waals surface area contributed by atoms with Crippen molar-refractivity contribution in [1.82, 2.24) is 0 Å². The average molecular weight is 376 g/mol. The first-order valence-corrected chi connectivity index (χ1v) is 7.96. The van der Waals surface area contributed by atoms with Crippen LogP contribution in [0.25, 0.3) is 0 Å². The monoisotopic (exact) mass is 376 g/mol. The average Bonchev–Trinajstić information content (AvgIpc) is 2.67. The number of rotatable bonds is 7. The summed E-state index contributed by atoms with van der Waals surface area (Å²) < 4.78 is 15.9. The molecule has 0 saturated carbocycles. The van der Waals surface area contributed by atoms with E-state index in [1.165, 1.54) is 25.3 Å². The first-order valence-electron chi connectivity index (χ1n) is 7.96. The SMILES string of the molecule is COc1cc([C@@H](O)[C@H](O)CO)ccc1O[C@@H]1O[C@H](CO)[C@@H](O)[C@H](O)[C@H]1O. The largest absolute Gasteiger partial charge is 0.493 e. The number of benzene rings is 1. The van der Waals surface area contributed by atoms with Crippen LogP contribution in [0.5, 0.6) is 11.5 Å². The molecule has 1 aliphatic heterocycles. The molecule has 0 aliphatic carbocycles. The van der Waals surface area contributed by atoms with Crippen LogP contribution < -0.4 is 9.47 Å². The molecule has 10 nitrogen and oxygen atoms in total. The van der Waals surface area contributed by atoms with Gasteiger partial charge < -0.3 is 50.0 Å². The van der Waals surface area contributed by atoms with E-state index in [2.05, 4.69) is 0 Å². The highest BCUT2D eigenvalue weighted by molar-refractivity contribution is 5.44. The molecule has 7 N–H and O–H groups in total. The zero-order chi connectivity index (χ0) is 19.4. The predicted molar refractivity (Wildman–Crippen MR) is 85.4 cm³/mol. The van der Waals surface area contributed by atoms with Crippen LogP contribution in [0.15, 0.2) is 18.2 Å². The van der Waals surface area contributed by atoms with Crippen LogP contribution in [-0.4, -0.2) is 92.9 Å². The first kappa shape index (κ1) is 20.8. The number of aliphatic hydroxyl groups is 7. The van der Waals surface area contributed by atoms with Crippen LogP contribution in [0.1, 0.15) is 11.7 Å². The zero-order valence-electron chi connectivity index (χ0n) is 14.0. The summed E-state index contributed by atoms with van der Waals surface area (Å²) in [5, 5.41) is 67.1. The molecule has 7 atom stereocenters. The van der Waals surface area contributed by atoms with E-state index in [0.29, 0.717) is 0 Å². The molecular weight excluding hydrogens is 352 g/mol. The molecule has 0 amide bonds. The van der Waals surface area contributed by atoms with E-state index in [1.807, 2.05) is 0 Å². The maximum Gasteiger partial charge on any atom is 0.229 e. The second-order valence-electron chi connectivity index (χ2n) is 5.92. The lowest BCUT2D eigenvalue weighted by Gasteiger charge is -2.39. The number of ether oxygens (including phenoxy) is 3. The highest BCUT2D eigenvalue weighted by Gasteiger charge is 2.45.